The van der Waals surface area contributed by atoms with E-state index in [0.717, 1.165) is 9.58 Å². The highest BCUT2D eigenvalue weighted by atomic mass is 35.5. The van der Waals surface area contributed by atoms with Gasteiger partial charge in [-0.25, -0.2) is 4.68 Å². The number of nitrogens with one attached hydrogen (secondary N) is 1. The summed E-state index contributed by atoms with van der Waals surface area (Å²) in [7, 11) is 0. The van der Waals surface area contributed by atoms with E-state index in [-0.39, 0.29) is 36.2 Å². The molecule has 13 heteroatoms. The predicted octanol–water partition coefficient (Wildman–Crippen LogP) is 6.72. The molecule has 2 aromatic carbocycles. The molecule has 3 aromatic rings. The number of aromatic nitrogens is 2. The van der Waals surface area contributed by atoms with Gasteiger partial charge in [-0.1, -0.05) is 32.4 Å². The summed E-state index contributed by atoms with van der Waals surface area (Å²) in [6.07, 6.45) is -10.1. The molecule has 0 unspecified atom stereocenters. The van der Waals surface area contributed by atoms with Gasteiger partial charge in [-0.15, -0.1) is 0 Å². The Morgan fingerprint density at radius 1 is 0.974 bits per heavy atom. The van der Waals surface area contributed by atoms with Gasteiger partial charge in [-0.3, -0.25) is 19.5 Å². The Kier molecular flexibility index (Phi) is 8.69. The van der Waals surface area contributed by atoms with Crippen LogP contribution in [0.3, 0.4) is 0 Å². The molecule has 0 atom stereocenters. The van der Waals surface area contributed by atoms with E-state index in [2.05, 4.69) is 5.10 Å². The van der Waals surface area contributed by atoms with Crippen molar-refractivity contribution < 1.29 is 35.9 Å². The minimum atomic E-state index is -5.15. The Bertz CT molecular complexity index is 1390. The summed E-state index contributed by atoms with van der Waals surface area (Å²) in [5.41, 5.74) is -4.56. The number of carbonyl (C=O) groups is 2. The fourth-order valence-corrected chi connectivity index (χ4v) is 4.08. The predicted molar refractivity (Wildman–Crippen MR) is 132 cm³/mol. The van der Waals surface area contributed by atoms with E-state index in [0.29, 0.717) is 22.8 Å². The van der Waals surface area contributed by atoms with Crippen molar-refractivity contribution in [3.8, 4) is 5.69 Å². The van der Waals surface area contributed by atoms with Gasteiger partial charge in [-0.05, 0) is 54.8 Å². The molecule has 0 bridgehead atoms. The topological polar surface area (TPSA) is 75.2 Å². The molecule has 0 aliphatic carbocycles. The normalized spacial score (nSPS) is 12.2. The molecule has 0 fully saturated rings. The Labute approximate surface area is 224 Å². The van der Waals surface area contributed by atoms with E-state index in [1.165, 1.54) is 24.3 Å². The first-order chi connectivity index (χ1) is 18.0. The molecule has 1 N–H and O–H groups in total. The number of hydrogen-bond donors (Lipinski definition) is 1. The van der Waals surface area contributed by atoms with Crippen molar-refractivity contribution in [1.29, 1.82) is 0 Å². The first-order valence-corrected chi connectivity index (χ1v) is 12.1. The monoisotopic (exact) mass is 575 g/mol. The summed E-state index contributed by atoms with van der Waals surface area (Å²) in [5, 5.41) is 3.28. The summed E-state index contributed by atoms with van der Waals surface area (Å²) >= 11 is 5.90. The first-order valence-electron chi connectivity index (χ1n) is 11.8. The number of rotatable bonds is 8. The van der Waals surface area contributed by atoms with Crippen LogP contribution in [-0.2, 0) is 12.4 Å². The SMILES string of the molecule is CCCN(CC(=O)c1c(C(C)C)[nH]n(-c2ccc(Cl)cc2)c1=O)C(=O)c1cc(C(F)(F)F)cc(C(F)(F)F)c1. The third kappa shape index (κ3) is 6.73. The van der Waals surface area contributed by atoms with Gasteiger partial charge in [0.15, 0.2) is 5.78 Å². The van der Waals surface area contributed by atoms with Crippen molar-refractivity contribution >= 4 is 23.3 Å². The van der Waals surface area contributed by atoms with Crippen LogP contribution >= 0.6 is 11.6 Å². The van der Waals surface area contributed by atoms with Crippen molar-refractivity contribution in [3.05, 3.63) is 85.8 Å². The first kappa shape index (κ1) is 30.0. The highest BCUT2D eigenvalue weighted by Gasteiger charge is 2.38. The zero-order valence-corrected chi connectivity index (χ0v) is 21.8. The highest BCUT2D eigenvalue weighted by Crippen LogP contribution is 2.36. The number of halogens is 7. The summed E-state index contributed by atoms with van der Waals surface area (Å²) in [5.74, 6) is -2.38. The molecule has 1 amide bonds. The molecule has 210 valence electrons. The molecule has 0 spiro atoms. The van der Waals surface area contributed by atoms with Crippen LogP contribution in [0.25, 0.3) is 5.69 Å². The smallest absolute Gasteiger partial charge is 0.331 e. The van der Waals surface area contributed by atoms with E-state index in [1.807, 2.05) is 0 Å². The van der Waals surface area contributed by atoms with Crippen LogP contribution in [0.5, 0.6) is 0 Å². The maximum absolute atomic E-state index is 13.4. The zero-order chi connectivity index (χ0) is 29.3. The van der Waals surface area contributed by atoms with E-state index < -0.39 is 52.8 Å². The summed E-state index contributed by atoms with van der Waals surface area (Å²) in [4.78, 5) is 40.6. The molecule has 3 rings (SSSR count). The van der Waals surface area contributed by atoms with Gasteiger partial charge in [0.05, 0.1) is 29.1 Å². The number of aromatic amines is 1. The number of nitrogens with zero attached hydrogens (tertiary/aromatic N) is 2. The Hall–Kier alpha value is -3.54. The fraction of sp³-hybridized carbons (Fsp3) is 0.346. The second-order valence-corrected chi connectivity index (χ2v) is 9.55. The van der Waals surface area contributed by atoms with Crippen molar-refractivity contribution in [2.75, 3.05) is 13.1 Å². The van der Waals surface area contributed by atoms with E-state index in [9.17, 15) is 40.7 Å². The quantitative estimate of drug-likeness (QED) is 0.239. The van der Waals surface area contributed by atoms with Crippen molar-refractivity contribution in [2.24, 2.45) is 0 Å². The van der Waals surface area contributed by atoms with Gasteiger partial charge in [0.2, 0.25) is 0 Å². The third-order valence-corrected chi connectivity index (χ3v) is 6.06. The number of hydrogen-bond acceptors (Lipinski definition) is 3. The third-order valence-electron chi connectivity index (χ3n) is 5.81. The second-order valence-electron chi connectivity index (χ2n) is 9.12. The maximum Gasteiger partial charge on any atom is 0.416 e. The Balaban J connectivity index is 2.04. The molecule has 0 radical (unpaired) electrons. The number of alkyl halides is 6. The van der Waals surface area contributed by atoms with E-state index >= 15 is 0 Å². The number of benzene rings is 2. The lowest BCUT2D eigenvalue weighted by atomic mass is 10.0. The average Bonchev–Trinajstić information content (AvgIpc) is 3.20. The summed E-state index contributed by atoms with van der Waals surface area (Å²) in [6, 6.07) is 6.69. The van der Waals surface area contributed by atoms with E-state index in [4.69, 9.17) is 11.6 Å². The zero-order valence-electron chi connectivity index (χ0n) is 21.0. The number of H-pyrrole nitrogens is 1. The standard InChI is InChI=1S/C26H24ClF6N3O3/c1-4-9-35(23(38)15-10-16(25(28,29)30)12-17(11-15)26(31,32)33)13-20(37)21-22(14(2)3)34-36(24(21)39)19-7-5-18(27)6-8-19/h5-8,10-12,14,34H,4,9,13H2,1-3H3. The van der Waals surface area contributed by atoms with Gasteiger partial charge in [0, 0.05) is 17.1 Å². The fourth-order valence-electron chi connectivity index (χ4n) is 3.95. The van der Waals surface area contributed by atoms with Gasteiger partial charge >= 0.3 is 12.4 Å². The Morgan fingerprint density at radius 2 is 1.51 bits per heavy atom. The lowest BCUT2D eigenvalue weighted by Crippen LogP contribution is -2.38. The molecule has 6 nitrogen and oxygen atoms in total. The highest BCUT2D eigenvalue weighted by molar-refractivity contribution is 6.30. The van der Waals surface area contributed by atoms with Gasteiger partial charge in [0.1, 0.15) is 5.56 Å². The van der Waals surface area contributed by atoms with Crippen LogP contribution < -0.4 is 5.56 Å². The molecule has 1 heterocycles. The number of carbonyl (C=O) groups excluding carboxylic acids is 2. The largest absolute Gasteiger partial charge is 0.416 e. The lowest BCUT2D eigenvalue weighted by Gasteiger charge is -2.23. The maximum atomic E-state index is 13.4. The van der Waals surface area contributed by atoms with Crippen LogP contribution in [0.4, 0.5) is 26.3 Å². The van der Waals surface area contributed by atoms with Crippen molar-refractivity contribution in [2.45, 2.75) is 45.5 Å². The molecular formula is C26H24ClF6N3O3. The van der Waals surface area contributed by atoms with Crippen LogP contribution in [0.2, 0.25) is 5.02 Å². The molecule has 0 aliphatic heterocycles. The summed E-state index contributed by atoms with van der Waals surface area (Å²) < 4.78 is 81.0. The summed E-state index contributed by atoms with van der Waals surface area (Å²) in [6.45, 7) is 4.14. The molecule has 1 aromatic heterocycles. The number of ketones is 1. The minimum absolute atomic E-state index is 0.0833. The molecule has 0 saturated heterocycles. The van der Waals surface area contributed by atoms with Crippen molar-refractivity contribution in [1.82, 2.24) is 14.7 Å². The van der Waals surface area contributed by atoms with Crippen LogP contribution in [0.15, 0.2) is 47.3 Å². The molecule has 0 aliphatic rings. The lowest BCUT2D eigenvalue weighted by molar-refractivity contribution is -0.143. The van der Waals surface area contributed by atoms with Gasteiger partial charge < -0.3 is 4.90 Å². The van der Waals surface area contributed by atoms with Crippen LogP contribution in [0.1, 0.15) is 70.6 Å². The average molecular weight is 576 g/mol. The van der Waals surface area contributed by atoms with Crippen LogP contribution in [0, 0.1) is 0 Å². The molecule has 0 saturated carbocycles. The van der Waals surface area contributed by atoms with Gasteiger partial charge in [-0.2, -0.15) is 26.3 Å². The van der Waals surface area contributed by atoms with Gasteiger partial charge in [0.25, 0.3) is 11.5 Å². The molecule has 39 heavy (non-hydrogen) atoms. The second kappa shape index (κ2) is 11.3. The molecular weight excluding hydrogens is 552 g/mol. The van der Waals surface area contributed by atoms with Crippen LogP contribution in [-0.4, -0.2) is 39.5 Å². The minimum Gasteiger partial charge on any atom is -0.331 e. The Morgan fingerprint density at radius 3 is 1.97 bits per heavy atom. The number of amides is 1. The van der Waals surface area contributed by atoms with E-state index in [1.54, 1.807) is 20.8 Å². The van der Waals surface area contributed by atoms with Crippen molar-refractivity contribution in [3.63, 3.8) is 0 Å². The number of Topliss-reactive ketones (excluding diaryl/α,β-unsaturated/α-hetero) is 1.